The first-order valence-corrected chi connectivity index (χ1v) is 8.62. The SMILES string of the molecule is C[C@@H]1CCCC[C@@]12NC(=O)N(C[NH+](C)Cc1ccc(F)cc1)C2=O. The zero-order chi connectivity index (χ0) is 17.3. The van der Waals surface area contributed by atoms with Gasteiger partial charge in [-0.3, -0.25) is 4.79 Å². The van der Waals surface area contributed by atoms with E-state index in [-0.39, 0.29) is 23.7 Å². The van der Waals surface area contributed by atoms with E-state index in [2.05, 4.69) is 12.2 Å². The van der Waals surface area contributed by atoms with Gasteiger partial charge < -0.3 is 10.2 Å². The number of carbonyl (C=O) groups excluding carboxylic acids is 2. The molecule has 0 aromatic heterocycles. The highest BCUT2D eigenvalue weighted by atomic mass is 19.1. The Kier molecular flexibility index (Phi) is 4.58. The number of hydrogen-bond acceptors (Lipinski definition) is 2. The van der Waals surface area contributed by atoms with Gasteiger partial charge in [0.15, 0.2) is 6.67 Å². The van der Waals surface area contributed by atoms with E-state index in [4.69, 9.17) is 0 Å². The third-order valence-electron chi connectivity index (χ3n) is 5.35. The normalized spacial score (nSPS) is 28.3. The minimum Gasteiger partial charge on any atom is -0.323 e. The largest absolute Gasteiger partial charge is 0.329 e. The molecule has 2 aliphatic rings. The molecule has 130 valence electrons. The van der Waals surface area contributed by atoms with Crippen molar-refractivity contribution in [3.05, 3.63) is 35.6 Å². The van der Waals surface area contributed by atoms with Crippen LogP contribution in [0.2, 0.25) is 0 Å². The van der Waals surface area contributed by atoms with Gasteiger partial charge in [0.05, 0.1) is 7.05 Å². The van der Waals surface area contributed by atoms with Crippen LogP contribution in [0.25, 0.3) is 0 Å². The van der Waals surface area contributed by atoms with Gasteiger partial charge in [-0.2, -0.15) is 0 Å². The van der Waals surface area contributed by atoms with Crippen molar-refractivity contribution in [2.45, 2.75) is 44.7 Å². The number of nitrogens with one attached hydrogen (secondary N) is 2. The molecular formula is C18H25FN3O2+. The van der Waals surface area contributed by atoms with Crippen LogP contribution in [0, 0.1) is 11.7 Å². The van der Waals surface area contributed by atoms with Crippen LogP contribution in [0.3, 0.4) is 0 Å². The number of carbonyl (C=O) groups is 2. The Balaban J connectivity index is 1.67. The minimum atomic E-state index is -0.703. The Morgan fingerprint density at radius 3 is 2.67 bits per heavy atom. The lowest BCUT2D eigenvalue weighted by atomic mass is 9.73. The second-order valence-corrected chi connectivity index (χ2v) is 7.20. The van der Waals surface area contributed by atoms with E-state index in [0.29, 0.717) is 13.2 Å². The smallest absolute Gasteiger partial charge is 0.323 e. The van der Waals surface area contributed by atoms with E-state index in [0.717, 1.165) is 36.1 Å². The van der Waals surface area contributed by atoms with E-state index < -0.39 is 5.54 Å². The predicted octanol–water partition coefficient (Wildman–Crippen LogP) is 1.30. The molecule has 1 saturated carbocycles. The van der Waals surface area contributed by atoms with E-state index in [1.165, 1.54) is 17.0 Å². The van der Waals surface area contributed by atoms with Gasteiger partial charge in [0, 0.05) is 5.56 Å². The van der Waals surface area contributed by atoms with Crippen molar-refractivity contribution in [2.75, 3.05) is 13.7 Å². The number of halogens is 1. The van der Waals surface area contributed by atoms with Crippen molar-refractivity contribution in [3.8, 4) is 0 Å². The lowest BCUT2D eigenvalue weighted by Gasteiger charge is -2.36. The fourth-order valence-electron chi connectivity index (χ4n) is 3.92. The monoisotopic (exact) mass is 334 g/mol. The van der Waals surface area contributed by atoms with Crippen molar-refractivity contribution >= 4 is 11.9 Å². The van der Waals surface area contributed by atoms with Gasteiger partial charge in [-0.15, -0.1) is 0 Å². The molecule has 1 aliphatic heterocycles. The molecule has 2 fully saturated rings. The highest BCUT2D eigenvalue weighted by Gasteiger charge is 2.55. The summed E-state index contributed by atoms with van der Waals surface area (Å²) in [6.45, 7) is 2.99. The number of rotatable bonds is 4. The molecule has 3 atom stereocenters. The van der Waals surface area contributed by atoms with Crippen molar-refractivity contribution in [3.63, 3.8) is 0 Å². The Morgan fingerprint density at radius 2 is 2.00 bits per heavy atom. The summed E-state index contributed by atoms with van der Waals surface area (Å²) < 4.78 is 13.0. The van der Waals surface area contributed by atoms with Gasteiger partial charge >= 0.3 is 6.03 Å². The Morgan fingerprint density at radius 1 is 1.29 bits per heavy atom. The summed E-state index contributed by atoms with van der Waals surface area (Å²) in [5.41, 5.74) is 0.271. The van der Waals surface area contributed by atoms with Crippen LogP contribution in [0.4, 0.5) is 9.18 Å². The van der Waals surface area contributed by atoms with Crippen LogP contribution in [0.15, 0.2) is 24.3 Å². The van der Waals surface area contributed by atoms with Crippen molar-refractivity contribution in [1.82, 2.24) is 10.2 Å². The Bertz CT molecular complexity index is 634. The molecule has 3 amide bonds. The maximum Gasteiger partial charge on any atom is 0.329 e. The van der Waals surface area contributed by atoms with Gasteiger partial charge in [-0.05, 0) is 30.9 Å². The number of quaternary nitrogens is 1. The van der Waals surface area contributed by atoms with E-state index in [1.54, 1.807) is 12.1 Å². The van der Waals surface area contributed by atoms with Crippen LogP contribution in [-0.4, -0.2) is 36.1 Å². The van der Waals surface area contributed by atoms with Gasteiger partial charge in [-0.1, -0.05) is 31.9 Å². The molecule has 0 bridgehead atoms. The maximum absolute atomic E-state index is 13.0. The summed E-state index contributed by atoms with van der Waals surface area (Å²) in [5.74, 6) is -0.179. The quantitative estimate of drug-likeness (QED) is 0.816. The van der Waals surface area contributed by atoms with Crippen molar-refractivity contribution < 1.29 is 18.9 Å². The fourth-order valence-corrected chi connectivity index (χ4v) is 3.92. The molecule has 1 aromatic carbocycles. The van der Waals surface area contributed by atoms with Crippen LogP contribution < -0.4 is 10.2 Å². The van der Waals surface area contributed by atoms with Gasteiger partial charge in [0.2, 0.25) is 0 Å². The van der Waals surface area contributed by atoms with Crippen LogP contribution in [0.1, 0.15) is 38.2 Å². The molecule has 24 heavy (non-hydrogen) atoms. The summed E-state index contributed by atoms with van der Waals surface area (Å²) in [7, 11) is 1.93. The number of hydrogen-bond donors (Lipinski definition) is 2. The fraction of sp³-hybridized carbons (Fsp3) is 0.556. The number of nitrogens with zero attached hydrogens (tertiary/aromatic N) is 1. The summed E-state index contributed by atoms with van der Waals surface area (Å²) >= 11 is 0. The highest BCUT2D eigenvalue weighted by molar-refractivity contribution is 6.07. The Labute approximate surface area is 141 Å². The summed E-state index contributed by atoms with van der Waals surface area (Å²) in [6, 6.07) is 6.03. The van der Waals surface area contributed by atoms with E-state index in [1.807, 2.05) is 7.05 Å². The molecule has 0 radical (unpaired) electrons. The highest BCUT2D eigenvalue weighted by Crippen LogP contribution is 2.37. The molecule has 1 aromatic rings. The number of imide groups is 1. The van der Waals surface area contributed by atoms with E-state index in [9.17, 15) is 14.0 Å². The summed E-state index contributed by atoms with van der Waals surface area (Å²) in [5, 5.41) is 2.97. The zero-order valence-electron chi connectivity index (χ0n) is 14.3. The molecule has 1 unspecified atom stereocenters. The number of urea groups is 1. The first-order chi connectivity index (χ1) is 11.4. The van der Waals surface area contributed by atoms with Crippen molar-refractivity contribution in [2.24, 2.45) is 5.92 Å². The van der Waals surface area contributed by atoms with Crippen LogP contribution in [0.5, 0.6) is 0 Å². The lowest BCUT2D eigenvalue weighted by Crippen LogP contribution is -3.09. The molecule has 1 aliphatic carbocycles. The molecule has 1 spiro atoms. The second-order valence-electron chi connectivity index (χ2n) is 7.20. The van der Waals surface area contributed by atoms with Crippen LogP contribution >= 0.6 is 0 Å². The average molecular weight is 334 g/mol. The number of amides is 3. The van der Waals surface area contributed by atoms with E-state index >= 15 is 0 Å². The van der Waals surface area contributed by atoms with Crippen LogP contribution in [-0.2, 0) is 11.3 Å². The Hall–Kier alpha value is -1.95. The molecule has 5 nitrogen and oxygen atoms in total. The van der Waals surface area contributed by atoms with Gasteiger partial charge in [0.25, 0.3) is 5.91 Å². The minimum absolute atomic E-state index is 0.0850. The third kappa shape index (κ3) is 3.02. The lowest BCUT2D eigenvalue weighted by molar-refractivity contribution is -0.901. The molecule has 1 heterocycles. The van der Waals surface area contributed by atoms with Crippen molar-refractivity contribution in [1.29, 1.82) is 0 Å². The van der Waals surface area contributed by atoms with Gasteiger partial charge in [-0.25, -0.2) is 14.1 Å². The topological polar surface area (TPSA) is 53.9 Å². The summed E-state index contributed by atoms with van der Waals surface area (Å²) in [6.07, 6.45) is 3.79. The average Bonchev–Trinajstić information content (AvgIpc) is 2.78. The molecule has 3 rings (SSSR count). The second kappa shape index (κ2) is 6.51. The molecular weight excluding hydrogens is 309 g/mol. The molecule has 1 saturated heterocycles. The zero-order valence-corrected chi connectivity index (χ0v) is 14.3. The summed E-state index contributed by atoms with van der Waals surface area (Å²) in [4.78, 5) is 27.6. The van der Waals surface area contributed by atoms with Gasteiger partial charge in [0.1, 0.15) is 17.9 Å². The molecule has 2 N–H and O–H groups in total. The first-order valence-electron chi connectivity index (χ1n) is 8.62. The third-order valence-corrected chi connectivity index (χ3v) is 5.35. The predicted molar refractivity (Wildman–Crippen MR) is 87.6 cm³/mol. The first kappa shape index (κ1) is 16.9. The maximum atomic E-state index is 13.0. The molecule has 6 heteroatoms. The number of benzene rings is 1. The standard InChI is InChI=1S/C18H24FN3O2/c1-13-5-3-4-10-18(13)16(23)22(17(24)20-18)12-21(2)11-14-6-8-15(19)9-7-14/h6-9,13H,3-5,10-12H2,1-2H3,(H,20,24)/p+1/t13-,18-/m1/s1.